The summed E-state index contributed by atoms with van der Waals surface area (Å²) in [5.74, 6) is 3.53. The average molecular weight is 365 g/mol. The van der Waals surface area contributed by atoms with Crippen molar-refractivity contribution in [1.82, 2.24) is 0 Å². The summed E-state index contributed by atoms with van der Waals surface area (Å²) in [6.07, 6.45) is 11.0. The lowest BCUT2D eigenvalue weighted by atomic mass is 9.44. The van der Waals surface area contributed by atoms with E-state index >= 15 is 0 Å². The van der Waals surface area contributed by atoms with Crippen LogP contribution in [-0.2, 0) is 13.7 Å². The maximum Gasteiger partial charge on any atom is 0.139 e. The summed E-state index contributed by atoms with van der Waals surface area (Å²) in [7, 11) is 1.90. The normalized spacial score (nSPS) is 54.6. The number of Topliss-reactive ketones (excluding diaryl/α,β-unsaturated/α-hetero) is 1. The Balaban J connectivity index is 1.46. The Kier molecular flexibility index (Phi) is 3.90. The molecule has 4 heteroatoms. The molecule has 140 valence electrons. The van der Waals surface area contributed by atoms with Crippen LogP contribution >= 0.6 is 12.0 Å². The first-order chi connectivity index (χ1) is 12.0. The molecule has 7 atom stereocenters. The summed E-state index contributed by atoms with van der Waals surface area (Å²) in [6.45, 7) is 4.18. The average Bonchev–Trinajstić information content (AvgIpc) is 2.88. The molecule has 25 heavy (non-hydrogen) atoms. The van der Waals surface area contributed by atoms with Crippen molar-refractivity contribution < 1.29 is 13.7 Å². The largest absolute Gasteiger partial charge is 0.384 e. The molecule has 0 aromatic heterocycles. The van der Waals surface area contributed by atoms with Crippen LogP contribution in [0.15, 0.2) is 0 Å². The van der Waals surface area contributed by atoms with E-state index in [1.54, 1.807) is 12.0 Å². The van der Waals surface area contributed by atoms with Gasteiger partial charge in [0.05, 0.1) is 18.0 Å². The van der Waals surface area contributed by atoms with Gasteiger partial charge in [0, 0.05) is 31.0 Å². The Morgan fingerprint density at radius 2 is 2.00 bits per heavy atom. The van der Waals surface area contributed by atoms with Crippen LogP contribution in [0.5, 0.6) is 0 Å². The molecule has 1 spiro atoms. The Labute approximate surface area is 156 Å². The van der Waals surface area contributed by atoms with Crippen LogP contribution in [0.1, 0.15) is 64.7 Å². The molecule has 0 N–H and O–H groups in total. The third kappa shape index (κ3) is 2.23. The maximum atomic E-state index is 12.6. The van der Waals surface area contributed by atoms with E-state index in [0.29, 0.717) is 21.9 Å². The van der Waals surface area contributed by atoms with Gasteiger partial charge in [-0.05, 0) is 80.5 Å². The van der Waals surface area contributed by atoms with Crippen LogP contribution in [0.4, 0.5) is 0 Å². The van der Waals surface area contributed by atoms with Gasteiger partial charge in [0.25, 0.3) is 0 Å². The molecule has 5 aliphatic rings. The summed E-state index contributed by atoms with van der Waals surface area (Å²) < 4.78 is 11.8. The highest BCUT2D eigenvalue weighted by atomic mass is 32.2. The van der Waals surface area contributed by atoms with Gasteiger partial charge in [-0.25, -0.2) is 0 Å². The van der Waals surface area contributed by atoms with Crippen LogP contribution in [0.3, 0.4) is 0 Å². The minimum atomic E-state index is -0.00415. The standard InChI is InChI=1S/C21H32O3S/c1-19-8-7-17-15(16(19)5-6-18(19)22)4-3-14-11-20(12-24-25-20)9-10-21(14,17)13-23-2/h14-17H,3-13H2,1-2H3/t14-,15+,16+,17+,19+,20?,21-/m1/s1. The van der Waals surface area contributed by atoms with Crippen molar-refractivity contribution in [2.45, 2.75) is 69.5 Å². The highest BCUT2D eigenvalue weighted by Gasteiger charge is 2.63. The molecule has 1 aliphatic heterocycles. The lowest BCUT2D eigenvalue weighted by Crippen LogP contribution is -2.59. The van der Waals surface area contributed by atoms with Crippen molar-refractivity contribution in [3.63, 3.8) is 0 Å². The molecule has 5 fully saturated rings. The third-order valence-electron chi connectivity index (χ3n) is 9.18. The first-order valence-corrected chi connectivity index (χ1v) is 11.1. The van der Waals surface area contributed by atoms with E-state index in [-0.39, 0.29) is 5.41 Å². The van der Waals surface area contributed by atoms with Gasteiger partial charge in [0.1, 0.15) is 5.78 Å². The van der Waals surface area contributed by atoms with Crippen molar-refractivity contribution in [2.75, 3.05) is 20.3 Å². The van der Waals surface area contributed by atoms with Gasteiger partial charge in [0.2, 0.25) is 0 Å². The number of ketones is 1. The third-order valence-corrected chi connectivity index (χ3v) is 10.3. The zero-order valence-electron chi connectivity index (χ0n) is 15.7. The number of rotatable bonds is 2. The van der Waals surface area contributed by atoms with E-state index in [1.165, 1.54) is 38.5 Å². The Bertz CT molecular complexity index is 573. The molecule has 0 amide bonds. The molecule has 3 nitrogen and oxygen atoms in total. The smallest absolute Gasteiger partial charge is 0.139 e. The molecule has 4 aliphatic carbocycles. The molecule has 1 heterocycles. The number of hydrogen-bond donors (Lipinski definition) is 0. The van der Waals surface area contributed by atoms with E-state index in [2.05, 4.69) is 6.92 Å². The number of methoxy groups -OCH3 is 1. The number of fused-ring (bicyclic) bond motifs is 5. The molecule has 1 saturated heterocycles. The SMILES string of the molecule is COC[C@]12CCC3(COS3)C[C@H]1CC[C@@H]1[C@@H]2CC[C@]2(C)C(=O)CC[C@@H]12. The quantitative estimate of drug-likeness (QED) is 0.669. The molecule has 0 bridgehead atoms. The second-order valence-electron chi connectivity index (χ2n) is 9.97. The predicted octanol–water partition coefficient (Wildman–Crippen LogP) is 4.64. The van der Waals surface area contributed by atoms with Crippen molar-refractivity contribution in [2.24, 2.45) is 34.5 Å². The fraction of sp³-hybridized carbons (Fsp3) is 0.952. The van der Waals surface area contributed by atoms with Crippen LogP contribution in [-0.4, -0.2) is 30.9 Å². The van der Waals surface area contributed by atoms with Crippen LogP contribution in [0, 0.1) is 34.5 Å². The highest BCUT2D eigenvalue weighted by molar-refractivity contribution is 7.97. The number of ether oxygens (including phenoxy) is 1. The van der Waals surface area contributed by atoms with Gasteiger partial charge >= 0.3 is 0 Å². The van der Waals surface area contributed by atoms with E-state index in [4.69, 9.17) is 8.92 Å². The van der Waals surface area contributed by atoms with Gasteiger partial charge in [-0.15, -0.1) is 0 Å². The molecule has 0 aromatic carbocycles. The molecule has 1 unspecified atom stereocenters. The van der Waals surface area contributed by atoms with E-state index in [9.17, 15) is 4.79 Å². The monoisotopic (exact) mass is 364 g/mol. The summed E-state index contributed by atoms with van der Waals surface area (Å²) in [5, 5.41) is 0. The van der Waals surface area contributed by atoms with Gasteiger partial charge in [-0.2, -0.15) is 0 Å². The zero-order valence-corrected chi connectivity index (χ0v) is 16.5. The molecular weight excluding hydrogens is 332 g/mol. The lowest BCUT2D eigenvalue weighted by Gasteiger charge is -2.63. The van der Waals surface area contributed by atoms with Gasteiger partial charge in [-0.3, -0.25) is 4.79 Å². The molecule has 0 radical (unpaired) electrons. The molecule has 5 rings (SSSR count). The minimum absolute atomic E-state index is 0.00415. The fourth-order valence-corrected chi connectivity index (χ4v) is 8.77. The summed E-state index contributed by atoms with van der Waals surface area (Å²) in [6, 6.07) is 0. The predicted molar refractivity (Wildman–Crippen MR) is 99.2 cm³/mol. The Hall–Kier alpha value is -0.0600. The van der Waals surface area contributed by atoms with Gasteiger partial charge in [-0.1, -0.05) is 6.92 Å². The van der Waals surface area contributed by atoms with Crippen molar-refractivity contribution in [3.05, 3.63) is 0 Å². The summed E-state index contributed by atoms with van der Waals surface area (Å²) >= 11 is 1.76. The Morgan fingerprint density at radius 1 is 1.16 bits per heavy atom. The van der Waals surface area contributed by atoms with Crippen LogP contribution in [0.2, 0.25) is 0 Å². The number of hydrogen-bond acceptors (Lipinski definition) is 4. The number of carbonyl (C=O) groups excluding carboxylic acids is 1. The number of carbonyl (C=O) groups is 1. The van der Waals surface area contributed by atoms with Crippen LogP contribution in [0.25, 0.3) is 0 Å². The van der Waals surface area contributed by atoms with Crippen molar-refractivity contribution >= 4 is 17.8 Å². The molecule has 4 saturated carbocycles. The fourth-order valence-electron chi connectivity index (χ4n) is 7.86. The summed E-state index contributed by atoms with van der Waals surface area (Å²) in [5.41, 5.74) is 0.363. The first kappa shape index (κ1) is 17.1. The maximum absolute atomic E-state index is 12.6. The van der Waals surface area contributed by atoms with E-state index in [0.717, 1.165) is 50.2 Å². The molecule has 0 aromatic rings. The minimum Gasteiger partial charge on any atom is -0.384 e. The van der Waals surface area contributed by atoms with E-state index in [1.807, 2.05) is 7.11 Å². The van der Waals surface area contributed by atoms with Gasteiger partial charge in [0.15, 0.2) is 0 Å². The first-order valence-electron chi connectivity index (χ1n) is 10.4. The topological polar surface area (TPSA) is 35.5 Å². The lowest BCUT2D eigenvalue weighted by molar-refractivity contribution is -0.155. The van der Waals surface area contributed by atoms with Gasteiger partial charge < -0.3 is 8.92 Å². The zero-order chi connectivity index (χ0) is 17.3. The second-order valence-corrected chi connectivity index (χ2v) is 11.2. The Morgan fingerprint density at radius 3 is 2.72 bits per heavy atom. The van der Waals surface area contributed by atoms with E-state index < -0.39 is 0 Å². The van der Waals surface area contributed by atoms with Crippen molar-refractivity contribution in [3.8, 4) is 0 Å². The van der Waals surface area contributed by atoms with Crippen molar-refractivity contribution in [1.29, 1.82) is 0 Å². The highest BCUT2D eigenvalue weighted by Crippen LogP contribution is 2.68. The molecular formula is C21H32O3S. The summed E-state index contributed by atoms with van der Waals surface area (Å²) in [4.78, 5) is 12.6. The second kappa shape index (κ2) is 5.72. The van der Waals surface area contributed by atoms with Crippen LogP contribution < -0.4 is 0 Å².